The molecular formula is C9H17NO3S. The van der Waals surface area contributed by atoms with Crippen molar-refractivity contribution in [3.8, 4) is 0 Å². The first-order valence-corrected chi connectivity index (χ1v) is 5.83. The highest BCUT2D eigenvalue weighted by Gasteiger charge is 2.13. The fourth-order valence-corrected chi connectivity index (χ4v) is 1.66. The molecule has 1 atom stereocenters. The molecule has 0 heterocycles. The maximum Gasteiger partial charge on any atom is 0.325 e. The Bertz CT molecular complexity index is 196. The Morgan fingerprint density at radius 1 is 1.50 bits per heavy atom. The van der Waals surface area contributed by atoms with E-state index in [0.29, 0.717) is 5.75 Å². The molecule has 0 bridgehead atoms. The zero-order valence-electron chi connectivity index (χ0n) is 8.58. The summed E-state index contributed by atoms with van der Waals surface area (Å²) >= 11 is 1.53. The number of thioether (sulfide) groups is 1. The quantitative estimate of drug-likeness (QED) is 0.629. The van der Waals surface area contributed by atoms with Gasteiger partial charge >= 0.3 is 5.97 Å². The number of hydrogen-bond acceptors (Lipinski definition) is 3. The minimum absolute atomic E-state index is 0.207. The van der Waals surface area contributed by atoms with Crippen molar-refractivity contribution in [2.24, 2.45) is 0 Å². The third-order valence-corrected chi connectivity index (χ3v) is 2.67. The lowest BCUT2D eigenvalue weighted by Gasteiger charge is -2.08. The lowest BCUT2D eigenvalue weighted by molar-refractivity contribution is -0.140. The number of carboxylic acid groups (broad SMARTS) is 1. The van der Waals surface area contributed by atoms with Gasteiger partial charge in [0.05, 0.1) is 5.75 Å². The molecule has 0 aromatic carbocycles. The number of nitrogens with one attached hydrogen (secondary N) is 1. The van der Waals surface area contributed by atoms with E-state index in [9.17, 15) is 9.59 Å². The zero-order valence-corrected chi connectivity index (χ0v) is 9.39. The SMILES string of the molecule is CCCCSCC(=O)N[C@@H](C)C(=O)O. The summed E-state index contributed by atoms with van der Waals surface area (Å²) in [5, 5.41) is 10.9. The van der Waals surface area contributed by atoms with Crippen molar-refractivity contribution in [2.45, 2.75) is 32.7 Å². The van der Waals surface area contributed by atoms with Crippen LogP contribution in [0.2, 0.25) is 0 Å². The third kappa shape index (κ3) is 6.77. The van der Waals surface area contributed by atoms with Gasteiger partial charge in [0, 0.05) is 0 Å². The number of carboxylic acids is 1. The molecule has 0 radical (unpaired) electrons. The van der Waals surface area contributed by atoms with Gasteiger partial charge in [0.1, 0.15) is 6.04 Å². The number of unbranched alkanes of at least 4 members (excludes halogenated alkanes) is 1. The third-order valence-electron chi connectivity index (χ3n) is 1.62. The Balaban J connectivity index is 3.50. The number of carbonyl (C=O) groups excluding carboxylic acids is 1. The van der Waals surface area contributed by atoms with E-state index in [0.717, 1.165) is 18.6 Å². The van der Waals surface area contributed by atoms with Crippen molar-refractivity contribution >= 4 is 23.6 Å². The normalized spacial score (nSPS) is 12.1. The largest absolute Gasteiger partial charge is 0.480 e. The van der Waals surface area contributed by atoms with Crippen LogP contribution in [0.3, 0.4) is 0 Å². The summed E-state index contributed by atoms with van der Waals surface area (Å²) in [7, 11) is 0. The summed E-state index contributed by atoms with van der Waals surface area (Å²) in [4.78, 5) is 21.5. The van der Waals surface area contributed by atoms with Crippen LogP contribution in [0.15, 0.2) is 0 Å². The molecule has 0 aliphatic rings. The molecule has 2 N–H and O–H groups in total. The van der Waals surface area contributed by atoms with Crippen LogP contribution in [0, 0.1) is 0 Å². The van der Waals surface area contributed by atoms with Crippen LogP contribution in [-0.2, 0) is 9.59 Å². The van der Waals surface area contributed by atoms with Gasteiger partial charge < -0.3 is 10.4 Å². The summed E-state index contributed by atoms with van der Waals surface area (Å²) in [6.45, 7) is 3.55. The van der Waals surface area contributed by atoms with Crippen molar-refractivity contribution in [1.82, 2.24) is 5.32 Å². The molecule has 0 saturated carbocycles. The van der Waals surface area contributed by atoms with Gasteiger partial charge in [-0.2, -0.15) is 11.8 Å². The standard InChI is InChI=1S/C9H17NO3S/c1-3-4-5-14-6-8(11)10-7(2)9(12)13/h7H,3-6H2,1-2H3,(H,10,11)(H,12,13)/t7-/m0/s1. The van der Waals surface area contributed by atoms with E-state index in [1.165, 1.54) is 18.7 Å². The van der Waals surface area contributed by atoms with Crippen molar-refractivity contribution < 1.29 is 14.7 Å². The molecule has 0 spiro atoms. The second kappa shape index (κ2) is 7.67. The zero-order chi connectivity index (χ0) is 11.0. The monoisotopic (exact) mass is 219 g/mol. The summed E-state index contributed by atoms with van der Waals surface area (Å²) in [5.41, 5.74) is 0. The topological polar surface area (TPSA) is 66.4 Å². The van der Waals surface area contributed by atoms with E-state index < -0.39 is 12.0 Å². The Hall–Kier alpha value is -0.710. The van der Waals surface area contributed by atoms with E-state index in [1.807, 2.05) is 0 Å². The van der Waals surface area contributed by atoms with E-state index in [2.05, 4.69) is 12.2 Å². The highest BCUT2D eigenvalue weighted by molar-refractivity contribution is 7.99. The Morgan fingerprint density at radius 3 is 2.64 bits per heavy atom. The minimum Gasteiger partial charge on any atom is -0.480 e. The maximum atomic E-state index is 11.1. The predicted molar refractivity (Wildman–Crippen MR) is 57.5 cm³/mol. The van der Waals surface area contributed by atoms with Gasteiger partial charge in [0.25, 0.3) is 0 Å². The van der Waals surface area contributed by atoms with Gasteiger partial charge in [-0.05, 0) is 19.1 Å². The fraction of sp³-hybridized carbons (Fsp3) is 0.778. The average Bonchev–Trinajstić information content (AvgIpc) is 2.12. The fourth-order valence-electron chi connectivity index (χ4n) is 0.756. The van der Waals surface area contributed by atoms with Crippen molar-refractivity contribution in [3.05, 3.63) is 0 Å². The van der Waals surface area contributed by atoms with Crippen molar-refractivity contribution in [1.29, 1.82) is 0 Å². The van der Waals surface area contributed by atoms with Gasteiger partial charge in [-0.3, -0.25) is 9.59 Å². The maximum absolute atomic E-state index is 11.1. The first kappa shape index (κ1) is 13.3. The lowest BCUT2D eigenvalue weighted by Crippen LogP contribution is -2.39. The second-order valence-electron chi connectivity index (χ2n) is 3.03. The van der Waals surface area contributed by atoms with Crippen molar-refractivity contribution in [2.75, 3.05) is 11.5 Å². The van der Waals surface area contributed by atoms with Crippen LogP contribution in [0.5, 0.6) is 0 Å². The Labute approximate surface area is 88.4 Å². The number of rotatable bonds is 7. The molecule has 4 nitrogen and oxygen atoms in total. The summed E-state index contributed by atoms with van der Waals surface area (Å²) in [5.74, 6) is 0.0844. The van der Waals surface area contributed by atoms with E-state index in [-0.39, 0.29) is 5.91 Å². The smallest absolute Gasteiger partial charge is 0.325 e. The van der Waals surface area contributed by atoms with Crippen LogP contribution >= 0.6 is 11.8 Å². The van der Waals surface area contributed by atoms with Crippen molar-refractivity contribution in [3.63, 3.8) is 0 Å². The molecule has 0 saturated heterocycles. The van der Waals surface area contributed by atoms with E-state index >= 15 is 0 Å². The molecule has 0 aromatic rings. The number of aliphatic carboxylic acids is 1. The van der Waals surface area contributed by atoms with Crippen LogP contribution in [0.1, 0.15) is 26.7 Å². The molecule has 1 amide bonds. The molecule has 0 aromatic heterocycles. The number of carbonyl (C=O) groups is 2. The Morgan fingerprint density at radius 2 is 2.14 bits per heavy atom. The first-order chi connectivity index (χ1) is 6.57. The molecule has 82 valence electrons. The average molecular weight is 219 g/mol. The summed E-state index contributed by atoms with van der Waals surface area (Å²) in [6, 6.07) is -0.797. The van der Waals surface area contributed by atoms with Gasteiger partial charge in [0.2, 0.25) is 5.91 Å². The van der Waals surface area contributed by atoms with Gasteiger partial charge in [-0.15, -0.1) is 0 Å². The molecule has 0 fully saturated rings. The summed E-state index contributed by atoms with van der Waals surface area (Å²) in [6.07, 6.45) is 2.20. The molecule has 0 rings (SSSR count). The lowest BCUT2D eigenvalue weighted by atomic mass is 10.3. The molecule has 5 heteroatoms. The number of amides is 1. The minimum atomic E-state index is -1.00. The van der Waals surface area contributed by atoms with Gasteiger partial charge in [0.15, 0.2) is 0 Å². The highest BCUT2D eigenvalue weighted by Crippen LogP contribution is 2.03. The number of hydrogen-bond donors (Lipinski definition) is 2. The van der Waals surface area contributed by atoms with Crippen LogP contribution in [0.25, 0.3) is 0 Å². The van der Waals surface area contributed by atoms with E-state index in [1.54, 1.807) is 0 Å². The summed E-state index contributed by atoms with van der Waals surface area (Å²) < 4.78 is 0. The molecule has 0 aliphatic carbocycles. The van der Waals surface area contributed by atoms with Gasteiger partial charge in [-0.1, -0.05) is 13.3 Å². The Kier molecular flexibility index (Phi) is 7.28. The predicted octanol–water partition coefficient (Wildman–Crippen LogP) is 1.11. The molecule has 0 unspecified atom stereocenters. The second-order valence-corrected chi connectivity index (χ2v) is 4.14. The van der Waals surface area contributed by atoms with Crippen LogP contribution in [0.4, 0.5) is 0 Å². The molecular weight excluding hydrogens is 202 g/mol. The highest BCUT2D eigenvalue weighted by atomic mass is 32.2. The van der Waals surface area contributed by atoms with Crippen LogP contribution < -0.4 is 5.32 Å². The van der Waals surface area contributed by atoms with Gasteiger partial charge in [-0.25, -0.2) is 0 Å². The molecule has 14 heavy (non-hydrogen) atoms. The molecule has 0 aliphatic heterocycles. The first-order valence-electron chi connectivity index (χ1n) is 4.67. The van der Waals surface area contributed by atoms with E-state index in [4.69, 9.17) is 5.11 Å². The van der Waals surface area contributed by atoms with Crippen LogP contribution in [-0.4, -0.2) is 34.5 Å².